The first-order chi connectivity index (χ1) is 4.51. The zero-order valence-corrected chi connectivity index (χ0v) is 6.66. The van der Waals surface area contributed by atoms with Gasteiger partial charge in [-0.1, -0.05) is 22.0 Å². The molecule has 0 fully saturated rings. The molecule has 1 unspecified atom stereocenters. The summed E-state index contributed by atoms with van der Waals surface area (Å²) in [6.07, 6.45) is 2.27. The Morgan fingerprint density at radius 1 is 1.60 bits per heavy atom. The molecule has 0 radical (unpaired) electrons. The lowest BCUT2D eigenvalue weighted by Gasteiger charge is -2.19. The van der Waals surface area contributed by atoms with Gasteiger partial charge in [-0.05, 0) is 6.08 Å². The maximum Gasteiger partial charge on any atom is 0.154 e. The van der Waals surface area contributed by atoms with Gasteiger partial charge < -0.3 is 5.73 Å². The molecule has 1 nitrogen and oxygen atoms in total. The van der Waals surface area contributed by atoms with Crippen LogP contribution in [0.25, 0.3) is 0 Å². The van der Waals surface area contributed by atoms with E-state index < -0.39 is 16.1 Å². The van der Waals surface area contributed by atoms with Crippen LogP contribution in [0, 0.1) is 0 Å². The third-order valence-corrected chi connectivity index (χ3v) is 1.74. The highest BCUT2D eigenvalue weighted by atomic mass is 79.9. The fourth-order valence-electron chi connectivity index (χ4n) is 0.683. The Morgan fingerprint density at radius 2 is 2.20 bits per heavy atom. The predicted octanol–water partition coefficient (Wildman–Crippen LogP) is 2.15. The second kappa shape index (κ2) is 2.43. The monoisotopic (exact) mass is 209 g/mol. The molecule has 4 heteroatoms. The van der Waals surface area contributed by atoms with Crippen molar-refractivity contribution in [2.75, 3.05) is 0 Å². The van der Waals surface area contributed by atoms with E-state index in [0.717, 1.165) is 6.08 Å². The summed E-state index contributed by atoms with van der Waals surface area (Å²) in [5, 5.41) is 0. The van der Waals surface area contributed by atoms with Crippen molar-refractivity contribution in [3.05, 3.63) is 23.8 Å². The summed E-state index contributed by atoms with van der Waals surface area (Å²) in [4.78, 5) is 0. The predicted molar refractivity (Wildman–Crippen MR) is 38.8 cm³/mol. The van der Waals surface area contributed by atoms with E-state index >= 15 is 0 Å². The third-order valence-electron chi connectivity index (χ3n) is 1.19. The topological polar surface area (TPSA) is 26.0 Å². The molecule has 0 aromatic rings. The van der Waals surface area contributed by atoms with Gasteiger partial charge in [0.05, 0.1) is 4.45 Å². The van der Waals surface area contributed by atoms with E-state index in [1.54, 1.807) is 0 Å². The quantitative estimate of drug-likeness (QED) is 0.481. The Hall–Kier alpha value is -0.220. The zero-order chi connectivity index (χ0) is 7.78. The second-order valence-electron chi connectivity index (χ2n) is 2.19. The van der Waals surface area contributed by atoms with Gasteiger partial charge in [0.15, 0.2) is 5.83 Å². The molecular weight excluding hydrogens is 204 g/mol. The van der Waals surface area contributed by atoms with Crippen molar-refractivity contribution < 1.29 is 8.78 Å². The average Bonchev–Trinajstić information content (AvgIpc) is 1.79. The molecule has 1 rings (SSSR count). The molecule has 0 bridgehead atoms. The summed E-state index contributed by atoms with van der Waals surface area (Å²) in [5.41, 5.74) is 5.42. The van der Waals surface area contributed by atoms with E-state index in [9.17, 15) is 8.78 Å². The molecule has 0 amide bonds. The maximum absolute atomic E-state index is 12.4. The number of halogens is 3. The first-order valence-corrected chi connectivity index (χ1v) is 3.52. The first kappa shape index (κ1) is 7.88. The van der Waals surface area contributed by atoms with E-state index in [0.29, 0.717) is 0 Å². The van der Waals surface area contributed by atoms with Gasteiger partial charge in [-0.15, -0.1) is 0 Å². The van der Waals surface area contributed by atoms with Crippen LogP contribution in [0.1, 0.15) is 6.42 Å². The minimum Gasteiger partial charge on any atom is -0.313 e. The lowest BCUT2D eigenvalue weighted by atomic mass is 10.1. The Balaban J connectivity index is 2.85. The standard InChI is InChI=1S/C6H6BrF2N/c7-6(10)2-1-4(8)5(9)3-6/h1-2H,3,10H2. The fraction of sp³-hybridized carbons (Fsp3) is 0.333. The van der Waals surface area contributed by atoms with Gasteiger partial charge in [0, 0.05) is 6.42 Å². The minimum absolute atomic E-state index is 0.130. The second-order valence-corrected chi connectivity index (χ2v) is 3.67. The summed E-state index contributed by atoms with van der Waals surface area (Å²) in [6, 6.07) is 0. The normalized spacial score (nSPS) is 33.2. The number of hydrogen-bond donors (Lipinski definition) is 1. The zero-order valence-electron chi connectivity index (χ0n) is 5.07. The molecule has 0 spiro atoms. The maximum atomic E-state index is 12.4. The van der Waals surface area contributed by atoms with Crippen molar-refractivity contribution in [1.82, 2.24) is 0 Å². The van der Waals surface area contributed by atoms with E-state index in [1.165, 1.54) is 6.08 Å². The number of allylic oxidation sites excluding steroid dienone is 2. The van der Waals surface area contributed by atoms with E-state index in [4.69, 9.17) is 5.73 Å². The highest BCUT2D eigenvalue weighted by Crippen LogP contribution is 2.30. The van der Waals surface area contributed by atoms with Crippen LogP contribution in [0.3, 0.4) is 0 Å². The molecule has 1 aliphatic carbocycles. The van der Waals surface area contributed by atoms with Crippen molar-refractivity contribution in [2.45, 2.75) is 10.9 Å². The van der Waals surface area contributed by atoms with Crippen LogP contribution in [0.5, 0.6) is 0 Å². The Kier molecular flexibility index (Phi) is 1.92. The largest absolute Gasteiger partial charge is 0.313 e. The molecule has 56 valence electrons. The molecule has 0 saturated carbocycles. The number of nitrogens with two attached hydrogens (primary N) is 1. The smallest absolute Gasteiger partial charge is 0.154 e. The number of rotatable bonds is 0. The molecule has 10 heavy (non-hydrogen) atoms. The molecule has 1 aliphatic rings. The van der Waals surface area contributed by atoms with Gasteiger partial charge in [-0.25, -0.2) is 8.78 Å². The molecule has 0 heterocycles. The highest BCUT2D eigenvalue weighted by molar-refractivity contribution is 9.10. The van der Waals surface area contributed by atoms with Gasteiger partial charge >= 0.3 is 0 Å². The summed E-state index contributed by atoms with van der Waals surface area (Å²) < 4.78 is 23.8. The van der Waals surface area contributed by atoms with Crippen LogP contribution >= 0.6 is 15.9 Å². The van der Waals surface area contributed by atoms with Gasteiger partial charge in [-0.3, -0.25) is 0 Å². The van der Waals surface area contributed by atoms with Crippen molar-refractivity contribution in [3.8, 4) is 0 Å². The molecule has 2 N–H and O–H groups in total. The summed E-state index contributed by atoms with van der Waals surface area (Å²) in [5.74, 6) is -1.64. The van der Waals surface area contributed by atoms with Crippen LogP contribution in [-0.2, 0) is 0 Å². The third kappa shape index (κ3) is 1.64. The summed E-state index contributed by atoms with van der Waals surface area (Å²) >= 11 is 3.01. The van der Waals surface area contributed by atoms with E-state index in [-0.39, 0.29) is 6.42 Å². The van der Waals surface area contributed by atoms with Crippen LogP contribution in [0.2, 0.25) is 0 Å². The van der Waals surface area contributed by atoms with Gasteiger partial charge in [0.1, 0.15) is 5.83 Å². The SMILES string of the molecule is NC1(Br)C=CC(F)=C(F)C1. The van der Waals surface area contributed by atoms with Crippen molar-refractivity contribution in [3.63, 3.8) is 0 Å². The number of hydrogen-bond acceptors (Lipinski definition) is 1. The van der Waals surface area contributed by atoms with Crippen molar-refractivity contribution >= 4 is 15.9 Å². The molecule has 0 saturated heterocycles. The Labute approximate surface area is 65.7 Å². The Morgan fingerprint density at radius 3 is 2.60 bits per heavy atom. The molecule has 0 aromatic carbocycles. The molecule has 1 atom stereocenters. The van der Waals surface area contributed by atoms with Gasteiger partial charge in [0.25, 0.3) is 0 Å². The van der Waals surface area contributed by atoms with Crippen LogP contribution in [-0.4, -0.2) is 4.45 Å². The van der Waals surface area contributed by atoms with E-state index in [2.05, 4.69) is 15.9 Å². The fourth-order valence-corrected chi connectivity index (χ4v) is 1.06. The molecule has 0 aromatic heterocycles. The van der Waals surface area contributed by atoms with Gasteiger partial charge in [0.2, 0.25) is 0 Å². The number of alkyl halides is 1. The highest BCUT2D eigenvalue weighted by Gasteiger charge is 2.24. The minimum atomic E-state index is -0.910. The Bertz CT molecular complexity index is 208. The van der Waals surface area contributed by atoms with Crippen LogP contribution in [0.15, 0.2) is 23.8 Å². The average molecular weight is 210 g/mol. The lowest BCUT2D eigenvalue weighted by molar-refractivity contribution is 0.491. The summed E-state index contributed by atoms with van der Waals surface area (Å²) in [6.45, 7) is 0. The van der Waals surface area contributed by atoms with Crippen molar-refractivity contribution in [2.24, 2.45) is 5.73 Å². The lowest BCUT2D eigenvalue weighted by Crippen LogP contribution is -2.31. The molecular formula is C6H6BrF2N. The van der Waals surface area contributed by atoms with E-state index in [1.807, 2.05) is 0 Å². The van der Waals surface area contributed by atoms with Crippen LogP contribution in [0.4, 0.5) is 8.78 Å². The van der Waals surface area contributed by atoms with Crippen molar-refractivity contribution in [1.29, 1.82) is 0 Å². The van der Waals surface area contributed by atoms with Crippen LogP contribution < -0.4 is 5.73 Å². The molecule has 0 aliphatic heterocycles. The summed E-state index contributed by atoms with van der Waals surface area (Å²) in [7, 11) is 0. The van der Waals surface area contributed by atoms with Gasteiger partial charge in [-0.2, -0.15) is 0 Å². The first-order valence-electron chi connectivity index (χ1n) is 2.72.